The highest BCUT2D eigenvalue weighted by atomic mass is 15.2. The van der Waals surface area contributed by atoms with Gasteiger partial charge < -0.3 is 9.80 Å². The molecule has 3 aliphatic rings. The van der Waals surface area contributed by atoms with Crippen LogP contribution in [0.15, 0.2) is 103 Å². The molecule has 2 aliphatic heterocycles. The van der Waals surface area contributed by atoms with Gasteiger partial charge in [0.15, 0.2) is 0 Å². The second-order valence-corrected chi connectivity index (χ2v) is 16.6. The molecule has 0 radical (unpaired) electrons. The SMILES string of the molecule is Cc1ccc2c(c1)N(c1ccccc1)c1cc(C3CCCCC3)cc3c1B2c1ccccc1N3c1cc(C(C)(C)C)cc(C(C)(C)C)c1. The molecule has 0 aromatic heterocycles. The van der Waals surface area contributed by atoms with E-state index in [2.05, 4.69) is 161 Å². The topological polar surface area (TPSA) is 6.48 Å². The molecule has 2 heterocycles. The van der Waals surface area contributed by atoms with Crippen molar-refractivity contribution in [1.29, 1.82) is 0 Å². The molecular weight excluding hydrogens is 579 g/mol. The van der Waals surface area contributed by atoms with Crippen LogP contribution in [0.2, 0.25) is 0 Å². The van der Waals surface area contributed by atoms with E-state index in [1.54, 1.807) is 0 Å². The Kier molecular flexibility index (Phi) is 7.40. The van der Waals surface area contributed by atoms with Gasteiger partial charge in [0.05, 0.1) is 0 Å². The van der Waals surface area contributed by atoms with Crippen LogP contribution in [0.5, 0.6) is 0 Å². The zero-order valence-corrected chi connectivity index (χ0v) is 29.9. The van der Waals surface area contributed by atoms with Crippen molar-refractivity contribution in [3.05, 3.63) is 125 Å². The summed E-state index contributed by atoms with van der Waals surface area (Å²) in [4.78, 5) is 5.20. The molecule has 242 valence electrons. The predicted octanol–water partition coefficient (Wildman–Crippen LogP) is 10.7. The van der Waals surface area contributed by atoms with Crippen molar-refractivity contribution in [1.82, 2.24) is 0 Å². The lowest BCUT2D eigenvalue weighted by molar-refractivity contribution is 0.444. The zero-order valence-electron chi connectivity index (χ0n) is 29.9. The Bertz CT molecular complexity index is 1970. The highest BCUT2D eigenvalue weighted by Crippen LogP contribution is 2.47. The summed E-state index contributed by atoms with van der Waals surface area (Å²) >= 11 is 0. The molecule has 1 aliphatic carbocycles. The molecule has 0 atom stereocenters. The molecule has 3 heteroatoms. The lowest BCUT2D eigenvalue weighted by Gasteiger charge is -2.45. The summed E-state index contributed by atoms with van der Waals surface area (Å²) < 4.78 is 0. The molecule has 0 saturated heterocycles. The highest BCUT2D eigenvalue weighted by molar-refractivity contribution is 7.00. The molecule has 2 nitrogen and oxygen atoms in total. The van der Waals surface area contributed by atoms with Gasteiger partial charge in [-0.05, 0) is 124 Å². The van der Waals surface area contributed by atoms with Gasteiger partial charge in [-0.15, -0.1) is 0 Å². The van der Waals surface area contributed by atoms with E-state index >= 15 is 0 Å². The summed E-state index contributed by atoms with van der Waals surface area (Å²) in [5, 5.41) is 0. The molecule has 0 unspecified atom stereocenters. The quantitative estimate of drug-likeness (QED) is 0.180. The summed E-state index contributed by atoms with van der Waals surface area (Å²) in [5.74, 6) is 0.584. The molecule has 1 saturated carbocycles. The molecule has 0 N–H and O–H groups in total. The minimum absolute atomic E-state index is 0.0259. The summed E-state index contributed by atoms with van der Waals surface area (Å²) in [6.45, 7) is 16.5. The van der Waals surface area contributed by atoms with E-state index in [-0.39, 0.29) is 17.5 Å². The number of benzene rings is 5. The highest BCUT2D eigenvalue weighted by Gasteiger charge is 2.44. The third kappa shape index (κ3) is 5.18. The summed E-state index contributed by atoms with van der Waals surface area (Å²) in [6, 6.07) is 40.0. The van der Waals surface area contributed by atoms with Crippen LogP contribution >= 0.6 is 0 Å². The van der Waals surface area contributed by atoms with E-state index in [4.69, 9.17) is 0 Å². The first-order chi connectivity index (χ1) is 23.0. The second kappa shape index (κ2) is 11.4. The Labute approximate surface area is 288 Å². The maximum Gasteiger partial charge on any atom is 0.252 e. The van der Waals surface area contributed by atoms with Gasteiger partial charge in [0.1, 0.15) is 0 Å². The van der Waals surface area contributed by atoms with Gasteiger partial charge in [-0.1, -0.05) is 115 Å². The zero-order chi connectivity index (χ0) is 33.4. The van der Waals surface area contributed by atoms with Crippen LogP contribution in [0.1, 0.15) is 102 Å². The van der Waals surface area contributed by atoms with Gasteiger partial charge in [0.25, 0.3) is 6.71 Å². The Balaban J connectivity index is 1.48. The van der Waals surface area contributed by atoms with Crippen LogP contribution in [-0.2, 0) is 10.8 Å². The minimum atomic E-state index is 0.0259. The van der Waals surface area contributed by atoms with E-state index in [1.807, 2.05) is 0 Å². The Morgan fingerprint density at radius 1 is 0.542 bits per heavy atom. The molecular formula is C45H49BN2. The maximum absolute atomic E-state index is 2.63. The van der Waals surface area contributed by atoms with Gasteiger partial charge in [0, 0.05) is 34.1 Å². The Morgan fingerprint density at radius 3 is 1.77 bits per heavy atom. The minimum Gasteiger partial charge on any atom is -0.311 e. The lowest BCUT2D eigenvalue weighted by Crippen LogP contribution is -2.61. The molecule has 0 amide bonds. The van der Waals surface area contributed by atoms with Crippen molar-refractivity contribution >= 4 is 57.2 Å². The summed E-state index contributed by atoms with van der Waals surface area (Å²) in [5.41, 5.74) is 17.6. The average Bonchev–Trinajstić information content (AvgIpc) is 3.07. The lowest BCUT2D eigenvalue weighted by atomic mass is 9.33. The number of para-hydroxylation sites is 2. The van der Waals surface area contributed by atoms with Crippen molar-refractivity contribution in [2.24, 2.45) is 0 Å². The number of rotatable bonds is 3. The van der Waals surface area contributed by atoms with Crippen molar-refractivity contribution < 1.29 is 0 Å². The van der Waals surface area contributed by atoms with Gasteiger partial charge in [-0.2, -0.15) is 0 Å². The van der Waals surface area contributed by atoms with Crippen LogP contribution in [-0.4, -0.2) is 6.71 Å². The van der Waals surface area contributed by atoms with Crippen LogP contribution in [0.25, 0.3) is 0 Å². The van der Waals surface area contributed by atoms with Gasteiger partial charge in [0.2, 0.25) is 0 Å². The fourth-order valence-corrected chi connectivity index (χ4v) is 8.49. The van der Waals surface area contributed by atoms with E-state index < -0.39 is 0 Å². The number of anilines is 6. The molecule has 5 aromatic rings. The first kappa shape index (κ1) is 31.1. The van der Waals surface area contributed by atoms with Crippen LogP contribution < -0.4 is 26.2 Å². The second-order valence-electron chi connectivity index (χ2n) is 16.6. The average molecular weight is 629 g/mol. The Morgan fingerprint density at radius 2 is 1.12 bits per heavy atom. The standard InChI is InChI=1S/C45H49BN2/c1-30-22-23-38-40(24-30)47(35-18-12-9-13-19-35)41-25-32(31-16-10-8-11-17-31)26-42-43(41)46(38)37-20-14-15-21-39(37)48(42)36-28-33(44(2,3)4)27-34(29-36)45(5,6)7/h9,12-15,18-29,31H,8,10-11,16-17H2,1-7H3. The summed E-state index contributed by atoms with van der Waals surface area (Å²) in [7, 11) is 0. The van der Waals surface area contributed by atoms with Crippen molar-refractivity contribution in [2.75, 3.05) is 9.80 Å². The monoisotopic (exact) mass is 628 g/mol. The third-order valence-electron chi connectivity index (χ3n) is 11.2. The van der Waals surface area contributed by atoms with Crippen molar-refractivity contribution in [3.8, 4) is 0 Å². The number of hydrogen-bond acceptors (Lipinski definition) is 2. The van der Waals surface area contributed by atoms with E-state index in [0.717, 1.165) is 0 Å². The first-order valence-electron chi connectivity index (χ1n) is 18.2. The van der Waals surface area contributed by atoms with Gasteiger partial charge >= 0.3 is 0 Å². The van der Waals surface area contributed by atoms with E-state index in [9.17, 15) is 0 Å². The first-order valence-corrected chi connectivity index (χ1v) is 18.2. The fourth-order valence-electron chi connectivity index (χ4n) is 8.49. The summed E-state index contributed by atoms with van der Waals surface area (Å²) in [6.07, 6.45) is 6.53. The number of nitrogens with zero attached hydrogens (tertiary/aromatic N) is 2. The van der Waals surface area contributed by atoms with E-state index in [1.165, 1.54) is 105 Å². The van der Waals surface area contributed by atoms with Crippen molar-refractivity contribution in [2.45, 2.75) is 97.3 Å². The normalized spacial score (nSPS) is 16.0. The van der Waals surface area contributed by atoms with Crippen LogP contribution in [0.4, 0.5) is 34.1 Å². The maximum atomic E-state index is 2.63. The van der Waals surface area contributed by atoms with Crippen LogP contribution in [0, 0.1) is 6.92 Å². The number of fused-ring (bicyclic) bond motifs is 4. The molecule has 48 heavy (non-hydrogen) atoms. The smallest absolute Gasteiger partial charge is 0.252 e. The molecule has 5 aromatic carbocycles. The molecule has 1 fully saturated rings. The van der Waals surface area contributed by atoms with Crippen molar-refractivity contribution in [3.63, 3.8) is 0 Å². The van der Waals surface area contributed by atoms with E-state index in [0.29, 0.717) is 5.92 Å². The van der Waals surface area contributed by atoms with Gasteiger partial charge in [-0.3, -0.25) is 0 Å². The Hall–Kier alpha value is -4.24. The molecule has 0 bridgehead atoms. The molecule has 8 rings (SSSR count). The number of aryl methyl sites for hydroxylation is 1. The van der Waals surface area contributed by atoms with Gasteiger partial charge in [-0.25, -0.2) is 0 Å². The largest absolute Gasteiger partial charge is 0.311 e. The van der Waals surface area contributed by atoms with Crippen LogP contribution in [0.3, 0.4) is 0 Å². The fraction of sp³-hybridized carbons (Fsp3) is 0.333. The molecule has 0 spiro atoms. The third-order valence-corrected chi connectivity index (χ3v) is 11.2. The predicted molar refractivity (Wildman–Crippen MR) is 208 cm³/mol. The number of hydrogen-bond donors (Lipinski definition) is 0.